The molecule has 0 saturated carbocycles. The maximum Gasteiger partial charge on any atom is 0.305 e. The molecular formula is C11H20O2S2. The first-order valence-corrected chi connectivity index (χ1v) is 7.48. The van der Waals surface area contributed by atoms with E-state index in [1.54, 1.807) is 0 Å². The SMILES string of the molecule is COC(=O)CCCCCC1(C)SCCS1. The van der Waals surface area contributed by atoms with E-state index in [9.17, 15) is 4.79 Å². The second-order valence-electron chi connectivity index (χ2n) is 3.97. The van der Waals surface area contributed by atoms with E-state index in [0.717, 1.165) is 12.8 Å². The van der Waals surface area contributed by atoms with Gasteiger partial charge in [-0.15, -0.1) is 23.5 Å². The van der Waals surface area contributed by atoms with Crippen LogP contribution in [0.4, 0.5) is 0 Å². The van der Waals surface area contributed by atoms with Gasteiger partial charge in [0, 0.05) is 17.9 Å². The van der Waals surface area contributed by atoms with Gasteiger partial charge in [-0.1, -0.05) is 12.8 Å². The number of ether oxygens (including phenoxy) is 1. The van der Waals surface area contributed by atoms with Gasteiger partial charge in [-0.3, -0.25) is 4.79 Å². The van der Waals surface area contributed by atoms with Crippen molar-refractivity contribution in [2.45, 2.75) is 43.1 Å². The molecule has 1 heterocycles. The summed E-state index contributed by atoms with van der Waals surface area (Å²) in [5.74, 6) is 2.51. The zero-order valence-corrected chi connectivity index (χ0v) is 11.2. The molecule has 1 aliphatic rings. The molecule has 0 bridgehead atoms. The highest BCUT2D eigenvalue weighted by Crippen LogP contribution is 2.46. The molecule has 0 atom stereocenters. The molecule has 1 fully saturated rings. The first-order valence-electron chi connectivity index (χ1n) is 5.51. The predicted molar refractivity (Wildman–Crippen MR) is 68.4 cm³/mol. The van der Waals surface area contributed by atoms with Gasteiger partial charge in [0.05, 0.1) is 11.2 Å². The molecule has 0 radical (unpaired) electrons. The Morgan fingerprint density at radius 2 is 1.93 bits per heavy atom. The second kappa shape index (κ2) is 6.69. The number of esters is 1. The van der Waals surface area contributed by atoms with Crippen LogP contribution >= 0.6 is 23.5 Å². The Morgan fingerprint density at radius 3 is 2.53 bits per heavy atom. The van der Waals surface area contributed by atoms with Crippen molar-refractivity contribution in [3.8, 4) is 0 Å². The molecule has 0 N–H and O–H groups in total. The van der Waals surface area contributed by atoms with Crippen LogP contribution in [0.15, 0.2) is 0 Å². The molecule has 15 heavy (non-hydrogen) atoms. The first kappa shape index (κ1) is 13.2. The van der Waals surface area contributed by atoms with Crippen molar-refractivity contribution in [3.63, 3.8) is 0 Å². The predicted octanol–water partition coefficient (Wildman–Crippen LogP) is 3.31. The van der Waals surface area contributed by atoms with Gasteiger partial charge in [-0.2, -0.15) is 0 Å². The molecule has 0 aromatic rings. The first-order chi connectivity index (χ1) is 7.16. The number of methoxy groups -OCH3 is 1. The number of thioether (sulfide) groups is 2. The van der Waals surface area contributed by atoms with Crippen LogP contribution in [0, 0.1) is 0 Å². The summed E-state index contributed by atoms with van der Waals surface area (Å²) in [4.78, 5) is 10.9. The zero-order chi connectivity index (χ0) is 11.1. The van der Waals surface area contributed by atoms with Gasteiger partial charge in [0.15, 0.2) is 0 Å². The van der Waals surface area contributed by atoms with Gasteiger partial charge in [0.1, 0.15) is 0 Å². The lowest BCUT2D eigenvalue weighted by molar-refractivity contribution is -0.140. The van der Waals surface area contributed by atoms with E-state index < -0.39 is 0 Å². The fourth-order valence-corrected chi connectivity index (χ4v) is 4.64. The van der Waals surface area contributed by atoms with Gasteiger partial charge in [0.25, 0.3) is 0 Å². The van der Waals surface area contributed by atoms with Crippen molar-refractivity contribution in [2.75, 3.05) is 18.6 Å². The summed E-state index contributed by atoms with van der Waals surface area (Å²) < 4.78 is 5.05. The molecule has 4 heteroatoms. The third kappa shape index (κ3) is 5.16. The number of rotatable bonds is 6. The smallest absolute Gasteiger partial charge is 0.305 e. The highest BCUT2D eigenvalue weighted by Gasteiger charge is 2.29. The summed E-state index contributed by atoms with van der Waals surface area (Å²) in [7, 11) is 1.45. The number of carbonyl (C=O) groups excluding carboxylic acids is 1. The van der Waals surface area contributed by atoms with Crippen molar-refractivity contribution in [3.05, 3.63) is 0 Å². The number of unbranched alkanes of at least 4 members (excludes halogenated alkanes) is 2. The third-order valence-electron chi connectivity index (χ3n) is 2.64. The molecule has 1 saturated heterocycles. The van der Waals surface area contributed by atoms with Crippen molar-refractivity contribution in [2.24, 2.45) is 0 Å². The fraction of sp³-hybridized carbons (Fsp3) is 0.909. The van der Waals surface area contributed by atoms with Crippen LogP contribution in [0.2, 0.25) is 0 Å². The Hall–Kier alpha value is 0.170. The number of hydrogen-bond acceptors (Lipinski definition) is 4. The lowest BCUT2D eigenvalue weighted by Crippen LogP contribution is -2.10. The van der Waals surface area contributed by atoms with Crippen molar-refractivity contribution < 1.29 is 9.53 Å². The molecular weight excluding hydrogens is 228 g/mol. The van der Waals surface area contributed by atoms with Crippen molar-refractivity contribution in [1.29, 1.82) is 0 Å². The molecule has 0 amide bonds. The maximum absolute atomic E-state index is 10.9. The lowest BCUT2D eigenvalue weighted by atomic mass is 10.1. The molecule has 88 valence electrons. The largest absolute Gasteiger partial charge is 0.469 e. The van der Waals surface area contributed by atoms with E-state index in [0.29, 0.717) is 10.5 Å². The third-order valence-corrected chi connectivity index (χ3v) is 6.05. The average molecular weight is 248 g/mol. The second-order valence-corrected chi connectivity index (χ2v) is 7.42. The minimum atomic E-state index is -0.0779. The molecule has 1 aliphatic heterocycles. The summed E-state index contributed by atoms with van der Waals surface area (Å²) in [6, 6.07) is 0. The van der Waals surface area contributed by atoms with Crippen LogP contribution in [0.1, 0.15) is 39.0 Å². The highest BCUT2D eigenvalue weighted by molar-refractivity contribution is 8.21. The quantitative estimate of drug-likeness (QED) is 0.532. The number of carbonyl (C=O) groups is 1. The number of hydrogen-bond donors (Lipinski definition) is 0. The standard InChI is InChI=1S/C11H20O2S2/c1-11(14-8-9-15-11)7-5-3-4-6-10(12)13-2/h3-9H2,1-2H3. The Morgan fingerprint density at radius 1 is 1.27 bits per heavy atom. The molecule has 0 aromatic carbocycles. The molecule has 0 spiro atoms. The fourth-order valence-electron chi connectivity index (χ4n) is 1.70. The monoisotopic (exact) mass is 248 g/mol. The van der Waals surface area contributed by atoms with Gasteiger partial charge in [0.2, 0.25) is 0 Å². The van der Waals surface area contributed by atoms with Crippen LogP contribution in [0.3, 0.4) is 0 Å². The normalized spacial score (nSPS) is 19.1. The van der Waals surface area contributed by atoms with E-state index in [4.69, 9.17) is 0 Å². The summed E-state index contributed by atoms with van der Waals surface area (Å²) in [6.45, 7) is 2.34. The van der Waals surface area contributed by atoms with E-state index in [-0.39, 0.29) is 5.97 Å². The molecule has 0 unspecified atom stereocenters. The van der Waals surface area contributed by atoms with Gasteiger partial charge in [-0.25, -0.2) is 0 Å². The maximum atomic E-state index is 10.9. The van der Waals surface area contributed by atoms with Crippen LogP contribution in [-0.4, -0.2) is 28.7 Å². The van der Waals surface area contributed by atoms with Crippen molar-refractivity contribution in [1.82, 2.24) is 0 Å². The van der Waals surface area contributed by atoms with Crippen LogP contribution in [0.25, 0.3) is 0 Å². The Labute approximate surface area is 101 Å². The molecule has 1 rings (SSSR count). The summed E-state index contributed by atoms with van der Waals surface area (Å²) in [6.07, 6.45) is 5.19. The highest BCUT2D eigenvalue weighted by atomic mass is 32.2. The van der Waals surface area contributed by atoms with Crippen LogP contribution in [0.5, 0.6) is 0 Å². The average Bonchev–Trinajstić information content (AvgIpc) is 2.64. The van der Waals surface area contributed by atoms with Gasteiger partial charge < -0.3 is 4.74 Å². The Balaban J connectivity index is 1.99. The molecule has 0 aliphatic carbocycles. The van der Waals surface area contributed by atoms with E-state index in [2.05, 4.69) is 35.2 Å². The molecule has 2 nitrogen and oxygen atoms in total. The van der Waals surface area contributed by atoms with Gasteiger partial charge in [-0.05, 0) is 19.8 Å². The minimum absolute atomic E-state index is 0.0779. The zero-order valence-electron chi connectivity index (χ0n) is 9.58. The van der Waals surface area contributed by atoms with Gasteiger partial charge >= 0.3 is 5.97 Å². The summed E-state index contributed by atoms with van der Waals surface area (Å²) in [5, 5.41) is 0. The molecule has 0 aromatic heterocycles. The van der Waals surface area contributed by atoms with E-state index >= 15 is 0 Å². The topological polar surface area (TPSA) is 26.3 Å². The van der Waals surface area contributed by atoms with E-state index in [1.807, 2.05) is 0 Å². The van der Waals surface area contributed by atoms with E-state index in [1.165, 1.54) is 31.5 Å². The Kier molecular flexibility index (Phi) is 5.90. The van der Waals surface area contributed by atoms with Crippen LogP contribution in [-0.2, 0) is 9.53 Å². The van der Waals surface area contributed by atoms with Crippen LogP contribution < -0.4 is 0 Å². The lowest BCUT2D eigenvalue weighted by Gasteiger charge is -2.21. The Bertz CT molecular complexity index is 201. The minimum Gasteiger partial charge on any atom is -0.469 e. The summed E-state index contributed by atoms with van der Waals surface area (Å²) >= 11 is 4.17. The van der Waals surface area contributed by atoms with Crippen molar-refractivity contribution >= 4 is 29.5 Å². The summed E-state index contributed by atoms with van der Waals surface area (Å²) in [5.41, 5.74) is 0.